The first kappa shape index (κ1) is 19.2. The lowest BCUT2D eigenvalue weighted by atomic mass is 10.0. The van der Waals surface area contributed by atoms with Gasteiger partial charge in [-0.25, -0.2) is 4.39 Å². The first-order valence-corrected chi connectivity index (χ1v) is 9.81. The van der Waals surface area contributed by atoms with E-state index in [2.05, 4.69) is 10.5 Å². The van der Waals surface area contributed by atoms with Crippen LogP contribution in [0.2, 0.25) is 0 Å². The first-order chi connectivity index (χ1) is 14.1. The summed E-state index contributed by atoms with van der Waals surface area (Å²) in [4.78, 5) is 20.0. The van der Waals surface area contributed by atoms with Crippen LogP contribution in [0.5, 0.6) is 5.75 Å². The minimum atomic E-state index is -0.632. The second-order valence-electron chi connectivity index (χ2n) is 7.29. The summed E-state index contributed by atoms with van der Waals surface area (Å²) in [6.07, 6.45) is 1.41. The Balaban J connectivity index is 1.30. The molecule has 1 amide bonds. The van der Waals surface area contributed by atoms with Crippen LogP contribution in [-0.2, 0) is 9.63 Å². The molecule has 0 aromatic heterocycles. The van der Waals surface area contributed by atoms with Gasteiger partial charge in [-0.15, -0.1) is 0 Å². The summed E-state index contributed by atoms with van der Waals surface area (Å²) < 4.78 is 18.8. The van der Waals surface area contributed by atoms with E-state index < -0.39 is 6.10 Å². The van der Waals surface area contributed by atoms with Gasteiger partial charge >= 0.3 is 0 Å². The van der Waals surface area contributed by atoms with Crippen LogP contribution in [0.3, 0.4) is 0 Å². The fourth-order valence-corrected chi connectivity index (χ4v) is 3.78. The zero-order chi connectivity index (χ0) is 20.2. The topological polar surface area (TPSA) is 63.2 Å². The maximum absolute atomic E-state index is 13.4. The van der Waals surface area contributed by atoms with E-state index in [4.69, 9.17) is 9.57 Å². The number of methoxy groups -OCH3 is 1. The summed E-state index contributed by atoms with van der Waals surface area (Å²) in [5.41, 5.74) is 2.22. The maximum atomic E-state index is 13.4. The van der Waals surface area contributed by atoms with E-state index in [1.807, 2.05) is 29.2 Å². The van der Waals surface area contributed by atoms with Crippen LogP contribution in [0, 0.1) is 5.82 Å². The van der Waals surface area contributed by atoms with E-state index in [1.165, 1.54) is 12.1 Å². The Morgan fingerprint density at radius 2 is 2.00 bits per heavy atom. The standard InChI is InChI=1S/C22H24FN3O3/c1-28-20-8-3-2-7-18(20)24-17-9-11-26(12-10-17)22(27)21-14-19(25-29-21)15-5-4-6-16(23)13-15/h2-8,13,17,21,24H,9-12,14H2,1H3/t21-/m1/s1. The van der Waals surface area contributed by atoms with Crippen molar-refractivity contribution in [2.75, 3.05) is 25.5 Å². The van der Waals surface area contributed by atoms with E-state index in [-0.39, 0.29) is 17.8 Å². The third-order valence-electron chi connectivity index (χ3n) is 5.38. The predicted octanol–water partition coefficient (Wildman–Crippen LogP) is 3.43. The average molecular weight is 397 g/mol. The van der Waals surface area contributed by atoms with Gasteiger partial charge in [-0.1, -0.05) is 29.4 Å². The van der Waals surface area contributed by atoms with E-state index in [9.17, 15) is 9.18 Å². The lowest BCUT2D eigenvalue weighted by Crippen LogP contribution is -2.46. The summed E-state index contributed by atoms with van der Waals surface area (Å²) in [6.45, 7) is 1.31. The van der Waals surface area contributed by atoms with Crippen molar-refractivity contribution in [3.8, 4) is 5.75 Å². The number of nitrogens with zero attached hydrogens (tertiary/aromatic N) is 2. The highest BCUT2D eigenvalue weighted by Gasteiger charge is 2.34. The molecule has 1 atom stereocenters. The second kappa shape index (κ2) is 8.51. The highest BCUT2D eigenvalue weighted by Crippen LogP contribution is 2.27. The molecule has 6 nitrogen and oxygen atoms in total. The van der Waals surface area contributed by atoms with Crippen LogP contribution in [0.25, 0.3) is 0 Å². The number of likely N-dealkylation sites (tertiary alicyclic amines) is 1. The van der Waals surface area contributed by atoms with Crippen molar-refractivity contribution in [2.45, 2.75) is 31.4 Å². The third kappa shape index (κ3) is 4.34. The highest BCUT2D eigenvalue weighted by molar-refractivity contribution is 6.04. The number of oxime groups is 1. The Kier molecular flexibility index (Phi) is 5.64. The molecule has 152 valence electrons. The Bertz CT molecular complexity index is 910. The third-order valence-corrected chi connectivity index (χ3v) is 5.38. The number of para-hydroxylation sites is 2. The number of benzene rings is 2. The molecular weight excluding hydrogens is 373 g/mol. The summed E-state index contributed by atoms with van der Waals surface area (Å²) in [5.74, 6) is 0.424. The summed E-state index contributed by atoms with van der Waals surface area (Å²) >= 11 is 0. The molecule has 2 aromatic carbocycles. The van der Waals surface area contributed by atoms with Crippen molar-refractivity contribution >= 4 is 17.3 Å². The molecule has 0 saturated carbocycles. The van der Waals surface area contributed by atoms with Crippen molar-refractivity contribution in [1.82, 2.24) is 4.90 Å². The number of nitrogens with one attached hydrogen (secondary N) is 1. The van der Waals surface area contributed by atoms with E-state index in [0.717, 1.165) is 24.3 Å². The molecule has 1 saturated heterocycles. The lowest BCUT2D eigenvalue weighted by Gasteiger charge is -2.34. The Hall–Kier alpha value is -3.09. The SMILES string of the molecule is COc1ccccc1NC1CCN(C(=O)[C@H]2CC(c3cccc(F)c3)=NO2)CC1. The Labute approximate surface area is 169 Å². The monoisotopic (exact) mass is 397 g/mol. The van der Waals surface area contributed by atoms with Gasteiger partial charge in [0.2, 0.25) is 6.10 Å². The molecule has 4 rings (SSSR count). The van der Waals surface area contributed by atoms with Crippen LogP contribution < -0.4 is 10.1 Å². The van der Waals surface area contributed by atoms with E-state index in [0.29, 0.717) is 30.8 Å². The fourth-order valence-electron chi connectivity index (χ4n) is 3.78. The van der Waals surface area contributed by atoms with E-state index in [1.54, 1.807) is 19.2 Å². The normalized spacial score (nSPS) is 19.4. The number of carbonyl (C=O) groups excluding carboxylic acids is 1. The minimum absolute atomic E-state index is 0.0594. The Morgan fingerprint density at radius 3 is 2.76 bits per heavy atom. The molecule has 0 spiro atoms. The van der Waals surface area contributed by atoms with E-state index >= 15 is 0 Å². The number of rotatable bonds is 5. The van der Waals surface area contributed by atoms with Crippen molar-refractivity contribution in [2.24, 2.45) is 5.16 Å². The zero-order valence-corrected chi connectivity index (χ0v) is 16.3. The van der Waals surface area contributed by atoms with Crippen molar-refractivity contribution in [3.05, 3.63) is 59.9 Å². The summed E-state index contributed by atoms with van der Waals surface area (Å²) in [7, 11) is 1.66. The number of halogens is 1. The van der Waals surface area contributed by atoms with Gasteiger partial charge in [0, 0.05) is 31.1 Å². The molecule has 1 fully saturated rings. The van der Waals surface area contributed by atoms with Crippen LogP contribution in [0.1, 0.15) is 24.8 Å². The number of hydrogen-bond donors (Lipinski definition) is 1. The first-order valence-electron chi connectivity index (χ1n) is 9.81. The van der Waals surface area contributed by atoms with Crippen molar-refractivity contribution in [1.29, 1.82) is 0 Å². The van der Waals surface area contributed by atoms with Gasteiger partial charge in [0.1, 0.15) is 11.6 Å². The molecule has 0 aliphatic carbocycles. The average Bonchev–Trinajstić information content (AvgIpc) is 3.24. The smallest absolute Gasteiger partial charge is 0.266 e. The number of piperidine rings is 1. The second-order valence-corrected chi connectivity index (χ2v) is 7.29. The van der Waals surface area contributed by atoms with Gasteiger partial charge in [0.15, 0.2) is 0 Å². The molecule has 2 heterocycles. The molecule has 2 aliphatic heterocycles. The van der Waals surface area contributed by atoms with Gasteiger partial charge in [-0.05, 0) is 37.1 Å². The maximum Gasteiger partial charge on any atom is 0.266 e. The van der Waals surface area contributed by atoms with Gasteiger partial charge < -0.3 is 19.8 Å². The largest absolute Gasteiger partial charge is 0.495 e. The van der Waals surface area contributed by atoms with Gasteiger partial charge in [-0.3, -0.25) is 4.79 Å². The molecule has 0 unspecified atom stereocenters. The van der Waals surface area contributed by atoms with Crippen LogP contribution >= 0.6 is 0 Å². The molecule has 0 radical (unpaired) electrons. The molecule has 29 heavy (non-hydrogen) atoms. The number of amides is 1. The molecular formula is C22H24FN3O3. The Morgan fingerprint density at radius 1 is 1.21 bits per heavy atom. The number of carbonyl (C=O) groups is 1. The van der Waals surface area contributed by atoms with Crippen LogP contribution in [0.4, 0.5) is 10.1 Å². The van der Waals surface area contributed by atoms with Crippen LogP contribution in [0.15, 0.2) is 53.7 Å². The van der Waals surface area contributed by atoms with Crippen molar-refractivity contribution < 1.29 is 18.8 Å². The fraction of sp³-hybridized carbons (Fsp3) is 0.364. The molecule has 1 N–H and O–H groups in total. The van der Waals surface area contributed by atoms with Crippen molar-refractivity contribution in [3.63, 3.8) is 0 Å². The number of hydrogen-bond acceptors (Lipinski definition) is 5. The zero-order valence-electron chi connectivity index (χ0n) is 16.3. The lowest BCUT2D eigenvalue weighted by molar-refractivity contribution is -0.143. The summed E-state index contributed by atoms with van der Waals surface area (Å²) in [6, 6.07) is 14.3. The molecule has 2 aromatic rings. The van der Waals surface area contributed by atoms with Gasteiger partial charge in [0.05, 0.1) is 18.5 Å². The number of anilines is 1. The van der Waals surface area contributed by atoms with Gasteiger partial charge in [0.25, 0.3) is 5.91 Å². The minimum Gasteiger partial charge on any atom is -0.495 e. The highest BCUT2D eigenvalue weighted by atomic mass is 19.1. The molecule has 2 aliphatic rings. The molecule has 0 bridgehead atoms. The summed E-state index contributed by atoms with van der Waals surface area (Å²) in [5, 5.41) is 7.52. The number of ether oxygens (including phenoxy) is 1. The van der Waals surface area contributed by atoms with Gasteiger partial charge in [-0.2, -0.15) is 0 Å². The van der Waals surface area contributed by atoms with Crippen LogP contribution in [-0.4, -0.2) is 48.9 Å². The quantitative estimate of drug-likeness (QED) is 0.840. The molecule has 7 heteroatoms. The predicted molar refractivity (Wildman–Crippen MR) is 109 cm³/mol.